The van der Waals surface area contributed by atoms with E-state index >= 15 is 0 Å². The molecule has 0 amide bonds. The highest BCUT2D eigenvalue weighted by molar-refractivity contribution is 6.76. The highest BCUT2D eigenvalue weighted by atomic mass is 28.3. The van der Waals surface area contributed by atoms with Gasteiger partial charge in [-0.05, 0) is 30.5 Å². The topological polar surface area (TPSA) is 114 Å². The lowest BCUT2D eigenvalue weighted by atomic mass is 9.85. The highest BCUT2D eigenvalue weighted by Crippen LogP contribution is 2.42. The Bertz CT molecular complexity index is 1490. The molecule has 5 rings (SSSR count). The SMILES string of the molecule is CCC1(OC(=O)CCN)C(=O)OCc2c1cc1n(c2=O)Cc2c-1nc1ccccc1c2CC[Si](C)(C)C. The summed E-state index contributed by atoms with van der Waals surface area (Å²) in [4.78, 5) is 44.3. The van der Waals surface area contributed by atoms with Crippen LogP contribution in [0.2, 0.25) is 25.7 Å². The van der Waals surface area contributed by atoms with Crippen molar-refractivity contribution in [1.82, 2.24) is 9.55 Å². The number of nitrogens with zero attached hydrogens (tertiary/aromatic N) is 2. The number of hydrogen-bond acceptors (Lipinski definition) is 7. The van der Waals surface area contributed by atoms with Crippen molar-refractivity contribution < 1.29 is 19.1 Å². The molecular formula is C28H33N3O5Si. The van der Waals surface area contributed by atoms with E-state index in [1.165, 1.54) is 5.56 Å². The summed E-state index contributed by atoms with van der Waals surface area (Å²) < 4.78 is 12.8. The van der Waals surface area contributed by atoms with Crippen LogP contribution in [0.15, 0.2) is 35.1 Å². The number of rotatable bonds is 7. The predicted molar refractivity (Wildman–Crippen MR) is 144 cm³/mol. The molecule has 1 atom stereocenters. The van der Waals surface area contributed by atoms with Crippen LogP contribution in [0, 0.1) is 0 Å². The Balaban J connectivity index is 1.72. The van der Waals surface area contributed by atoms with E-state index in [1.807, 2.05) is 24.3 Å². The Morgan fingerprint density at radius 1 is 1.22 bits per heavy atom. The van der Waals surface area contributed by atoms with Crippen molar-refractivity contribution in [3.63, 3.8) is 0 Å². The summed E-state index contributed by atoms with van der Waals surface area (Å²) in [5, 5.41) is 1.11. The van der Waals surface area contributed by atoms with Crippen LogP contribution in [-0.4, -0.2) is 36.1 Å². The Kier molecular flexibility index (Phi) is 6.32. The zero-order chi connectivity index (χ0) is 26.5. The van der Waals surface area contributed by atoms with Gasteiger partial charge in [-0.3, -0.25) is 9.59 Å². The molecule has 0 saturated carbocycles. The van der Waals surface area contributed by atoms with Gasteiger partial charge in [0.1, 0.15) is 6.61 Å². The molecule has 9 heteroatoms. The van der Waals surface area contributed by atoms with E-state index < -0.39 is 25.6 Å². The Morgan fingerprint density at radius 3 is 2.68 bits per heavy atom. The monoisotopic (exact) mass is 519 g/mol. The summed E-state index contributed by atoms with van der Waals surface area (Å²) in [5.74, 6) is -1.27. The predicted octanol–water partition coefficient (Wildman–Crippen LogP) is 3.86. The molecule has 0 spiro atoms. The number of carbonyl (C=O) groups is 2. The fraction of sp³-hybridized carbons (Fsp3) is 0.429. The molecule has 2 aliphatic heterocycles. The molecule has 1 aromatic carbocycles. The second-order valence-electron chi connectivity index (χ2n) is 11.1. The number of pyridine rings is 2. The third-order valence-electron chi connectivity index (χ3n) is 7.44. The van der Waals surface area contributed by atoms with E-state index in [1.54, 1.807) is 11.5 Å². The van der Waals surface area contributed by atoms with Crippen LogP contribution in [0.3, 0.4) is 0 Å². The summed E-state index contributed by atoms with van der Waals surface area (Å²) >= 11 is 0. The first-order valence-electron chi connectivity index (χ1n) is 12.9. The standard InChI is InChI=1S/C28H33N3O5Si/c1-5-28(36-24(32)10-12-29)21-14-23-25-19(15-31(23)26(33)20(21)16-35-27(28)34)17(11-13-37(2,3)4)18-8-6-7-9-22(18)30-25/h6-9,14H,5,10-13,15-16,29H2,1-4H3. The normalized spacial score (nSPS) is 18.2. The highest BCUT2D eigenvalue weighted by Gasteiger charge is 2.50. The molecule has 8 nitrogen and oxygen atoms in total. The number of fused-ring (bicyclic) bond motifs is 5. The molecular weight excluding hydrogens is 486 g/mol. The van der Waals surface area contributed by atoms with E-state index in [4.69, 9.17) is 20.2 Å². The number of hydrogen-bond donors (Lipinski definition) is 1. The fourth-order valence-corrected chi connectivity index (χ4v) is 6.42. The molecule has 0 aliphatic carbocycles. The molecule has 3 aromatic rings. The molecule has 0 bridgehead atoms. The van der Waals surface area contributed by atoms with Crippen molar-refractivity contribution in [1.29, 1.82) is 0 Å². The number of aromatic nitrogens is 2. The number of para-hydroxylation sites is 1. The number of nitrogens with two attached hydrogens (primary N) is 1. The molecule has 194 valence electrons. The Labute approximate surface area is 216 Å². The van der Waals surface area contributed by atoms with Crippen molar-refractivity contribution in [2.24, 2.45) is 5.73 Å². The lowest BCUT2D eigenvalue weighted by Crippen LogP contribution is -2.47. The summed E-state index contributed by atoms with van der Waals surface area (Å²) in [7, 11) is -1.33. The number of carbonyl (C=O) groups excluding carboxylic acids is 2. The second-order valence-corrected chi connectivity index (χ2v) is 16.7. The summed E-state index contributed by atoms with van der Waals surface area (Å²) in [6.45, 7) is 9.17. The van der Waals surface area contributed by atoms with Gasteiger partial charge in [0.25, 0.3) is 5.56 Å². The minimum atomic E-state index is -1.69. The molecule has 2 aliphatic rings. The average Bonchev–Trinajstić information content (AvgIpc) is 3.22. The van der Waals surface area contributed by atoms with Gasteiger partial charge in [0.2, 0.25) is 5.60 Å². The van der Waals surface area contributed by atoms with E-state index in [0.717, 1.165) is 34.6 Å². The van der Waals surface area contributed by atoms with Crippen LogP contribution in [0.4, 0.5) is 0 Å². The summed E-state index contributed by atoms with van der Waals surface area (Å²) in [6, 6.07) is 11.0. The van der Waals surface area contributed by atoms with Crippen LogP contribution in [0.5, 0.6) is 0 Å². The molecule has 2 aromatic heterocycles. The maximum atomic E-state index is 13.8. The van der Waals surface area contributed by atoms with Crippen LogP contribution in [0.25, 0.3) is 22.3 Å². The largest absolute Gasteiger partial charge is 0.457 e. The van der Waals surface area contributed by atoms with Gasteiger partial charge in [-0.25, -0.2) is 9.78 Å². The lowest BCUT2D eigenvalue weighted by Gasteiger charge is -2.35. The fourth-order valence-electron chi connectivity index (χ4n) is 5.42. The van der Waals surface area contributed by atoms with E-state index in [2.05, 4.69) is 25.7 Å². The van der Waals surface area contributed by atoms with Crippen molar-refractivity contribution >= 4 is 30.9 Å². The second kappa shape index (κ2) is 9.22. The van der Waals surface area contributed by atoms with E-state index in [-0.39, 0.29) is 31.6 Å². The zero-order valence-electron chi connectivity index (χ0n) is 21.8. The first kappa shape index (κ1) is 25.4. The van der Waals surface area contributed by atoms with Crippen molar-refractivity contribution in [3.05, 3.63) is 62.9 Å². The van der Waals surface area contributed by atoms with Crippen molar-refractivity contribution in [2.75, 3.05) is 6.54 Å². The van der Waals surface area contributed by atoms with Crippen LogP contribution in [0.1, 0.15) is 42.0 Å². The average molecular weight is 520 g/mol. The van der Waals surface area contributed by atoms with Gasteiger partial charge >= 0.3 is 11.9 Å². The zero-order valence-corrected chi connectivity index (χ0v) is 22.8. The van der Waals surface area contributed by atoms with Crippen LogP contribution >= 0.6 is 0 Å². The maximum absolute atomic E-state index is 13.8. The van der Waals surface area contributed by atoms with Gasteiger partial charge in [-0.15, -0.1) is 0 Å². The number of ether oxygens (including phenoxy) is 2. The molecule has 0 saturated heterocycles. The van der Waals surface area contributed by atoms with Gasteiger partial charge in [0, 0.05) is 31.1 Å². The minimum Gasteiger partial charge on any atom is -0.457 e. The molecule has 4 heterocycles. The maximum Gasteiger partial charge on any atom is 0.355 e. The van der Waals surface area contributed by atoms with Crippen molar-refractivity contribution in [2.45, 2.75) is 70.6 Å². The van der Waals surface area contributed by atoms with Gasteiger partial charge < -0.3 is 19.8 Å². The first-order chi connectivity index (χ1) is 17.6. The van der Waals surface area contributed by atoms with E-state index in [9.17, 15) is 14.4 Å². The summed E-state index contributed by atoms with van der Waals surface area (Å²) in [5.41, 5.74) is 8.88. The number of aryl methyl sites for hydroxylation is 1. The van der Waals surface area contributed by atoms with Crippen LogP contribution in [-0.2, 0) is 44.2 Å². The third kappa shape index (κ3) is 4.20. The van der Waals surface area contributed by atoms with Gasteiger partial charge in [-0.1, -0.05) is 50.8 Å². The van der Waals surface area contributed by atoms with Crippen LogP contribution < -0.4 is 11.3 Å². The molecule has 0 fully saturated rings. The third-order valence-corrected chi connectivity index (χ3v) is 9.19. The smallest absolute Gasteiger partial charge is 0.355 e. The Hall–Kier alpha value is -3.30. The summed E-state index contributed by atoms with van der Waals surface area (Å²) in [6.07, 6.45) is 1.02. The number of benzene rings is 1. The van der Waals surface area contributed by atoms with E-state index in [0.29, 0.717) is 23.4 Å². The van der Waals surface area contributed by atoms with Gasteiger partial charge in [-0.2, -0.15) is 0 Å². The molecule has 2 N–H and O–H groups in total. The Morgan fingerprint density at radius 2 is 1.97 bits per heavy atom. The lowest BCUT2D eigenvalue weighted by molar-refractivity contribution is -0.189. The molecule has 37 heavy (non-hydrogen) atoms. The first-order valence-corrected chi connectivity index (χ1v) is 16.6. The minimum absolute atomic E-state index is 0.0366. The van der Waals surface area contributed by atoms with Gasteiger partial charge in [0.15, 0.2) is 0 Å². The molecule has 1 unspecified atom stereocenters. The van der Waals surface area contributed by atoms with Crippen molar-refractivity contribution in [3.8, 4) is 11.4 Å². The van der Waals surface area contributed by atoms with Gasteiger partial charge in [0.05, 0.1) is 35.4 Å². The number of esters is 2. The quantitative estimate of drug-likeness (QED) is 0.291. The number of cyclic esters (lactones) is 1. The molecule has 0 radical (unpaired) electrons.